The summed E-state index contributed by atoms with van der Waals surface area (Å²) in [6.07, 6.45) is 1.53. The van der Waals surface area contributed by atoms with Crippen LogP contribution in [-0.2, 0) is 9.53 Å². The minimum absolute atomic E-state index is 0.0162. The Bertz CT molecular complexity index is 335. The highest BCUT2D eigenvalue weighted by Gasteiger charge is 2.29. The fourth-order valence-electron chi connectivity index (χ4n) is 2.43. The van der Waals surface area contributed by atoms with Crippen LogP contribution < -0.4 is 0 Å². The van der Waals surface area contributed by atoms with Gasteiger partial charge in [0.25, 0.3) is 0 Å². The van der Waals surface area contributed by atoms with Crippen LogP contribution in [0.2, 0.25) is 0 Å². The van der Waals surface area contributed by atoms with Crippen LogP contribution in [0.1, 0.15) is 47.0 Å². The molecule has 1 aliphatic rings. The van der Waals surface area contributed by atoms with E-state index < -0.39 is 11.6 Å². The molecule has 0 bridgehead atoms. The molecule has 5 heteroatoms. The van der Waals surface area contributed by atoms with Gasteiger partial charge in [0.1, 0.15) is 5.60 Å². The highest BCUT2D eigenvalue weighted by atomic mass is 16.6. The summed E-state index contributed by atoms with van der Waals surface area (Å²) in [5.41, 5.74) is -0.517. The second-order valence-corrected chi connectivity index (χ2v) is 6.52. The molecule has 2 atom stereocenters. The highest BCUT2D eigenvalue weighted by Crippen LogP contribution is 2.25. The molecular formula is C14H25NO4. The molecule has 0 aliphatic carbocycles. The first kappa shape index (κ1) is 15.8. The van der Waals surface area contributed by atoms with E-state index in [0.717, 1.165) is 12.8 Å². The number of carbonyl (C=O) groups excluding carboxylic acids is 1. The Hall–Kier alpha value is -1.26. The molecule has 0 aromatic carbocycles. The molecule has 0 radical (unpaired) electrons. The van der Waals surface area contributed by atoms with Crippen molar-refractivity contribution in [2.45, 2.75) is 52.6 Å². The average molecular weight is 271 g/mol. The summed E-state index contributed by atoms with van der Waals surface area (Å²) in [6.45, 7) is 8.73. The number of carboxylic acid groups (broad SMARTS) is 1. The van der Waals surface area contributed by atoms with Gasteiger partial charge in [0.2, 0.25) is 0 Å². The van der Waals surface area contributed by atoms with E-state index in [1.165, 1.54) is 0 Å². The lowest BCUT2D eigenvalue weighted by Gasteiger charge is -2.28. The van der Waals surface area contributed by atoms with Gasteiger partial charge in [0, 0.05) is 19.5 Å². The van der Waals surface area contributed by atoms with Crippen LogP contribution in [0.15, 0.2) is 0 Å². The number of carboxylic acids is 1. The molecule has 110 valence electrons. The molecule has 2 unspecified atom stereocenters. The molecule has 1 fully saturated rings. The molecule has 1 heterocycles. The number of hydrogen-bond acceptors (Lipinski definition) is 3. The Balaban J connectivity index is 2.66. The van der Waals surface area contributed by atoms with E-state index in [2.05, 4.69) is 6.92 Å². The van der Waals surface area contributed by atoms with Crippen LogP contribution in [0.4, 0.5) is 4.79 Å². The van der Waals surface area contributed by atoms with E-state index >= 15 is 0 Å². The Morgan fingerprint density at radius 3 is 2.53 bits per heavy atom. The van der Waals surface area contributed by atoms with Crippen molar-refractivity contribution in [1.82, 2.24) is 4.90 Å². The van der Waals surface area contributed by atoms with Gasteiger partial charge in [-0.2, -0.15) is 0 Å². The van der Waals surface area contributed by atoms with Crippen LogP contribution in [-0.4, -0.2) is 40.8 Å². The fourth-order valence-corrected chi connectivity index (χ4v) is 2.43. The molecule has 1 N–H and O–H groups in total. The third kappa shape index (κ3) is 5.94. The second-order valence-electron chi connectivity index (χ2n) is 6.52. The molecule has 19 heavy (non-hydrogen) atoms. The predicted octanol–water partition coefficient (Wildman–Crippen LogP) is 2.74. The van der Waals surface area contributed by atoms with Gasteiger partial charge in [-0.3, -0.25) is 4.79 Å². The summed E-state index contributed by atoms with van der Waals surface area (Å²) in [5.74, 6) is -0.345. The van der Waals surface area contributed by atoms with Crippen LogP contribution in [0.5, 0.6) is 0 Å². The number of ether oxygens (including phenoxy) is 1. The van der Waals surface area contributed by atoms with Gasteiger partial charge < -0.3 is 14.7 Å². The van der Waals surface area contributed by atoms with Crippen molar-refractivity contribution in [3.63, 3.8) is 0 Å². The van der Waals surface area contributed by atoms with E-state index in [1.54, 1.807) is 4.90 Å². The molecule has 5 nitrogen and oxygen atoms in total. The van der Waals surface area contributed by atoms with Gasteiger partial charge in [-0.1, -0.05) is 6.92 Å². The SMILES string of the molecule is CC1CCN(C(=O)OC(C)(C)C)CC(CC(=O)O)C1. The molecule has 1 rings (SSSR count). The normalized spacial score (nSPS) is 24.7. The zero-order valence-electron chi connectivity index (χ0n) is 12.3. The third-order valence-electron chi connectivity index (χ3n) is 3.22. The summed E-state index contributed by atoms with van der Waals surface area (Å²) in [7, 11) is 0. The Labute approximate surface area is 114 Å². The summed E-state index contributed by atoms with van der Waals surface area (Å²) >= 11 is 0. The molecule has 0 saturated carbocycles. The van der Waals surface area contributed by atoms with Crippen molar-refractivity contribution in [3.05, 3.63) is 0 Å². The minimum Gasteiger partial charge on any atom is -0.481 e. The lowest BCUT2D eigenvalue weighted by molar-refractivity contribution is -0.138. The number of aliphatic carboxylic acids is 1. The quantitative estimate of drug-likeness (QED) is 0.838. The van der Waals surface area contributed by atoms with E-state index in [9.17, 15) is 9.59 Å². The minimum atomic E-state index is -0.803. The van der Waals surface area contributed by atoms with E-state index in [-0.39, 0.29) is 18.4 Å². The standard InChI is InChI=1S/C14H25NO4/c1-10-5-6-15(13(18)19-14(2,3)4)9-11(7-10)8-12(16)17/h10-11H,5-9H2,1-4H3,(H,16,17). The lowest BCUT2D eigenvalue weighted by Crippen LogP contribution is -2.39. The van der Waals surface area contributed by atoms with E-state index in [4.69, 9.17) is 9.84 Å². The molecule has 1 amide bonds. The van der Waals surface area contributed by atoms with Gasteiger partial charge in [-0.15, -0.1) is 0 Å². The maximum Gasteiger partial charge on any atom is 0.410 e. The Morgan fingerprint density at radius 2 is 2.00 bits per heavy atom. The average Bonchev–Trinajstić information content (AvgIpc) is 2.36. The second kappa shape index (κ2) is 6.26. The van der Waals surface area contributed by atoms with Crippen LogP contribution in [0.25, 0.3) is 0 Å². The first-order valence-electron chi connectivity index (χ1n) is 6.87. The van der Waals surface area contributed by atoms with Gasteiger partial charge in [0.05, 0.1) is 0 Å². The largest absolute Gasteiger partial charge is 0.481 e. The zero-order valence-corrected chi connectivity index (χ0v) is 12.3. The van der Waals surface area contributed by atoms with Gasteiger partial charge >= 0.3 is 12.1 Å². The first-order valence-corrected chi connectivity index (χ1v) is 6.87. The summed E-state index contributed by atoms with van der Waals surface area (Å²) in [6, 6.07) is 0. The van der Waals surface area contributed by atoms with E-state index in [0.29, 0.717) is 19.0 Å². The van der Waals surface area contributed by atoms with E-state index in [1.807, 2.05) is 20.8 Å². The highest BCUT2D eigenvalue weighted by molar-refractivity contribution is 5.69. The smallest absolute Gasteiger partial charge is 0.410 e. The topological polar surface area (TPSA) is 66.8 Å². The van der Waals surface area contributed by atoms with Crippen molar-refractivity contribution in [1.29, 1.82) is 0 Å². The van der Waals surface area contributed by atoms with Crippen molar-refractivity contribution >= 4 is 12.1 Å². The van der Waals surface area contributed by atoms with Crippen LogP contribution in [0, 0.1) is 11.8 Å². The number of amides is 1. The summed E-state index contributed by atoms with van der Waals surface area (Å²) in [5, 5.41) is 8.92. The summed E-state index contributed by atoms with van der Waals surface area (Å²) < 4.78 is 5.36. The first-order chi connectivity index (χ1) is 8.67. The van der Waals surface area contributed by atoms with Crippen molar-refractivity contribution in [2.75, 3.05) is 13.1 Å². The molecule has 1 saturated heterocycles. The number of hydrogen-bond donors (Lipinski definition) is 1. The third-order valence-corrected chi connectivity index (χ3v) is 3.22. The zero-order chi connectivity index (χ0) is 14.6. The summed E-state index contributed by atoms with van der Waals surface area (Å²) in [4.78, 5) is 24.6. The van der Waals surface area contributed by atoms with Crippen molar-refractivity contribution in [2.24, 2.45) is 11.8 Å². The maximum absolute atomic E-state index is 12.1. The lowest BCUT2D eigenvalue weighted by atomic mass is 9.93. The Morgan fingerprint density at radius 1 is 1.37 bits per heavy atom. The van der Waals surface area contributed by atoms with Gasteiger partial charge in [-0.05, 0) is 45.4 Å². The number of rotatable bonds is 2. The monoisotopic (exact) mass is 271 g/mol. The molecule has 0 aromatic rings. The maximum atomic E-state index is 12.1. The fraction of sp³-hybridized carbons (Fsp3) is 0.857. The van der Waals surface area contributed by atoms with Crippen LogP contribution in [0.3, 0.4) is 0 Å². The van der Waals surface area contributed by atoms with Gasteiger partial charge in [-0.25, -0.2) is 4.79 Å². The number of nitrogens with zero attached hydrogens (tertiary/aromatic N) is 1. The molecule has 0 spiro atoms. The van der Waals surface area contributed by atoms with Gasteiger partial charge in [0.15, 0.2) is 0 Å². The predicted molar refractivity (Wildman–Crippen MR) is 71.9 cm³/mol. The molecule has 1 aliphatic heterocycles. The molecule has 0 aromatic heterocycles. The Kier molecular flexibility index (Phi) is 5.20. The van der Waals surface area contributed by atoms with Crippen LogP contribution >= 0.6 is 0 Å². The van der Waals surface area contributed by atoms with Crippen molar-refractivity contribution in [3.8, 4) is 0 Å². The number of likely N-dealkylation sites (tertiary alicyclic amines) is 1. The van der Waals surface area contributed by atoms with Crippen molar-refractivity contribution < 1.29 is 19.4 Å². The molecular weight excluding hydrogens is 246 g/mol. The number of carbonyl (C=O) groups is 2.